The van der Waals surface area contributed by atoms with Gasteiger partial charge in [-0.05, 0) is 25.9 Å². The van der Waals surface area contributed by atoms with Gasteiger partial charge in [0.2, 0.25) is 0 Å². The van der Waals surface area contributed by atoms with Crippen LogP contribution in [-0.2, 0) is 9.59 Å². The Morgan fingerprint density at radius 1 is 1.41 bits per heavy atom. The summed E-state index contributed by atoms with van der Waals surface area (Å²) in [6.45, 7) is 4.45. The monoisotopic (exact) mass is 238 g/mol. The molecule has 0 aromatic rings. The minimum Gasteiger partial charge on any atom is -0.346 e. The van der Waals surface area contributed by atoms with Gasteiger partial charge in [-0.1, -0.05) is 6.92 Å². The first-order chi connectivity index (χ1) is 8.19. The lowest BCUT2D eigenvalue weighted by molar-refractivity contribution is -0.139. The third kappa shape index (κ3) is 4.04. The maximum atomic E-state index is 11.3. The molecule has 0 bridgehead atoms. The van der Waals surface area contributed by atoms with E-state index in [1.807, 2.05) is 0 Å². The van der Waals surface area contributed by atoms with Crippen LogP contribution in [0.2, 0.25) is 0 Å². The standard InChI is InChI=1S/C11H18N4O2/c1-2-15-7-3-4-9(15)8-14-11(17)10(16)13-6-5-12/h9H,2-4,6-8H2,1H3,(H,13,16)(H,14,17). The van der Waals surface area contributed by atoms with Crippen LogP contribution in [0.4, 0.5) is 0 Å². The van der Waals surface area contributed by atoms with Crippen LogP contribution in [0.1, 0.15) is 19.8 Å². The Morgan fingerprint density at radius 2 is 2.12 bits per heavy atom. The van der Waals surface area contributed by atoms with Crippen LogP contribution in [0.25, 0.3) is 0 Å². The fraction of sp³-hybridized carbons (Fsp3) is 0.727. The molecule has 1 rings (SSSR count). The molecule has 1 saturated heterocycles. The summed E-state index contributed by atoms with van der Waals surface area (Å²) in [7, 11) is 0. The topological polar surface area (TPSA) is 85.2 Å². The zero-order valence-electron chi connectivity index (χ0n) is 10.0. The number of hydrogen-bond donors (Lipinski definition) is 2. The Balaban J connectivity index is 2.28. The number of likely N-dealkylation sites (N-methyl/N-ethyl adjacent to an activating group) is 1. The van der Waals surface area contributed by atoms with E-state index < -0.39 is 11.8 Å². The van der Waals surface area contributed by atoms with E-state index >= 15 is 0 Å². The molecule has 2 amide bonds. The third-order valence-electron chi connectivity index (χ3n) is 2.94. The highest BCUT2D eigenvalue weighted by molar-refractivity contribution is 6.35. The molecule has 17 heavy (non-hydrogen) atoms. The minimum absolute atomic E-state index is 0.142. The quantitative estimate of drug-likeness (QED) is 0.497. The molecule has 0 aromatic carbocycles. The second-order valence-corrected chi connectivity index (χ2v) is 3.98. The van der Waals surface area contributed by atoms with Gasteiger partial charge in [-0.3, -0.25) is 14.5 Å². The van der Waals surface area contributed by atoms with Crippen LogP contribution in [0.15, 0.2) is 0 Å². The van der Waals surface area contributed by atoms with E-state index in [1.165, 1.54) is 0 Å². The normalized spacial score (nSPS) is 19.6. The molecule has 0 saturated carbocycles. The van der Waals surface area contributed by atoms with Crippen LogP contribution in [0.5, 0.6) is 0 Å². The summed E-state index contributed by atoms with van der Waals surface area (Å²) in [5, 5.41) is 13.1. The highest BCUT2D eigenvalue weighted by Gasteiger charge is 2.24. The lowest BCUT2D eigenvalue weighted by Gasteiger charge is -2.22. The number of nitrogens with zero attached hydrogens (tertiary/aromatic N) is 2. The van der Waals surface area contributed by atoms with Crippen molar-refractivity contribution in [2.24, 2.45) is 0 Å². The van der Waals surface area contributed by atoms with Gasteiger partial charge in [0, 0.05) is 12.6 Å². The average Bonchev–Trinajstić information content (AvgIpc) is 2.80. The van der Waals surface area contributed by atoms with Crippen molar-refractivity contribution in [3.05, 3.63) is 0 Å². The number of nitrogens with one attached hydrogen (secondary N) is 2. The van der Waals surface area contributed by atoms with Crippen molar-refractivity contribution in [2.45, 2.75) is 25.8 Å². The Hall–Kier alpha value is -1.61. The van der Waals surface area contributed by atoms with E-state index in [0.29, 0.717) is 12.6 Å². The van der Waals surface area contributed by atoms with E-state index in [4.69, 9.17) is 5.26 Å². The predicted molar refractivity (Wildman–Crippen MR) is 61.9 cm³/mol. The zero-order valence-corrected chi connectivity index (χ0v) is 10.0. The van der Waals surface area contributed by atoms with Crippen molar-refractivity contribution in [1.82, 2.24) is 15.5 Å². The van der Waals surface area contributed by atoms with Gasteiger partial charge in [0.1, 0.15) is 6.54 Å². The maximum Gasteiger partial charge on any atom is 0.310 e. The highest BCUT2D eigenvalue weighted by atomic mass is 16.2. The van der Waals surface area contributed by atoms with Crippen molar-refractivity contribution < 1.29 is 9.59 Å². The molecule has 1 unspecified atom stereocenters. The third-order valence-corrected chi connectivity index (χ3v) is 2.94. The molecule has 94 valence electrons. The summed E-state index contributed by atoms with van der Waals surface area (Å²) in [6.07, 6.45) is 2.18. The molecule has 6 nitrogen and oxygen atoms in total. The Morgan fingerprint density at radius 3 is 2.76 bits per heavy atom. The molecule has 0 aromatic heterocycles. The number of carbonyl (C=O) groups excluding carboxylic acids is 2. The van der Waals surface area contributed by atoms with Gasteiger partial charge in [0.25, 0.3) is 0 Å². The van der Waals surface area contributed by atoms with E-state index in [1.54, 1.807) is 6.07 Å². The molecule has 2 N–H and O–H groups in total. The predicted octanol–water partition coefficient (Wildman–Crippen LogP) is -0.773. The Kier molecular flexibility index (Phi) is 5.43. The van der Waals surface area contributed by atoms with Crippen molar-refractivity contribution in [2.75, 3.05) is 26.2 Å². The molecule has 1 aliphatic heterocycles. The number of hydrogen-bond acceptors (Lipinski definition) is 4. The summed E-state index contributed by atoms with van der Waals surface area (Å²) < 4.78 is 0. The largest absolute Gasteiger partial charge is 0.346 e. The van der Waals surface area contributed by atoms with Gasteiger partial charge >= 0.3 is 11.8 Å². The van der Waals surface area contributed by atoms with E-state index in [2.05, 4.69) is 22.5 Å². The van der Waals surface area contributed by atoms with Crippen molar-refractivity contribution in [3.8, 4) is 6.07 Å². The SMILES string of the molecule is CCN1CCCC1CNC(=O)C(=O)NCC#N. The second kappa shape index (κ2) is 6.86. The minimum atomic E-state index is -0.743. The summed E-state index contributed by atoms with van der Waals surface area (Å²) in [4.78, 5) is 24.8. The van der Waals surface area contributed by atoms with Crippen LogP contribution >= 0.6 is 0 Å². The van der Waals surface area contributed by atoms with E-state index in [0.717, 1.165) is 25.9 Å². The molecule has 1 atom stereocenters. The Labute approximate surface area is 101 Å². The van der Waals surface area contributed by atoms with E-state index in [9.17, 15) is 9.59 Å². The lowest BCUT2D eigenvalue weighted by Crippen LogP contribution is -2.45. The zero-order chi connectivity index (χ0) is 12.7. The summed E-state index contributed by atoms with van der Waals surface area (Å²) >= 11 is 0. The first-order valence-electron chi connectivity index (χ1n) is 5.86. The summed E-state index contributed by atoms with van der Waals surface area (Å²) in [5.74, 6) is -1.41. The van der Waals surface area contributed by atoms with Gasteiger partial charge in [0.15, 0.2) is 0 Å². The maximum absolute atomic E-state index is 11.3. The Bertz CT molecular complexity index is 324. The first-order valence-corrected chi connectivity index (χ1v) is 5.86. The summed E-state index contributed by atoms with van der Waals surface area (Å²) in [6, 6.07) is 2.07. The van der Waals surface area contributed by atoms with Gasteiger partial charge < -0.3 is 10.6 Å². The van der Waals surface area contributed by atoms with Crippen LogP contribution < -0.4 is 10.6 Å². The van der Waals surface area contributed by atoms with Crippen LogP contribution in [0, 0.1) is 11.3 Å². The number of likely N-dealkylation sites (tertiary alicyclic amines) is 1. The van der Waals surface area contributed by atoms with Crippen molar-refractivity contribution in [1.29, 1.82) is 5.26 Å². The number of amides is 2. The van der Waals surface area contributed by atoms with Gasteiger partial charge in [0.05, 0.1) is 6.07 Å². The lowest BCUT2D eigenvalue weighted by atomic mass is 10.2. The molecule has 0 spiro atoms. The number of carbonyl (C=O) groups is 2. The first kappa shape index (κ1) is 13.5. The average molecular weight is 238 g/mol. The molecule has 1 heterocycles. The molecule has 0 radical (unpaired) electrons. The molecular weight excluding hydrogens is 220 g/mol. The fourth-order valence-corrected chi connectivity index (χ4v) is 2.03. The molecular formula is C11H18N4O2. The second-order valence-electron chi connectivity index (χ2n) is 3.98. The van der Waals surface area contributed by atoms with E-state index in [-0.39, 0.29) is 6.54 Å². The smallest absolute Gasteiger partial charge is 0.310 e. The van der Waals surface area contributed by atoms with Crippen molar-refractivity contribution in [3.63, 3.8) is 0 Å². The van der Waals surface area contributed by atoms with Crippen LogP contribution in [-0.4, -0.2) is 48.9 Å². The van der Waals surface area contributed by atoms with Crippen LogP contribution in [0.3, 0.4) is 0 Å². The van der Waals surface area contributed by atoms with Gasteiger partial charge in [-0.2, -0.15) is 5.26 Å². The number of rotatable bonds is 4. The molecule has 0 aliphatic carbocycles. The highest BCUT2D eigenvalue weighted by Crippen LogP contribution is 2.15. The van der Waals surface area contributed by atoms with Crippen molar-refractivity contribution >= 4 is 11.8 Å². The number of nitriles is 1. The molecule has 1 aliphatic rings. The molecule has 6 heteroatoms. The van der Waals surface area contributed by atoms with Gasteiger partial charge in [-0.15, -0.1) is 0 Å². The molecule has 1 fully saturated rings. The fourth-order valence-electron chi connectivity index (χ4n) is 2.03. The summed E-state index contributed by atoms with van der Waals surface area (Å²) in [5.41, 5.74) is 0. The van der Waals surface area contributed by atoms with Gasteiger partial charge in [-0.25, -0.2) is 0 Å².